The molecule has 1 aliphatic heterocycles. The second kappa shape index (κ2) is 5.08. The van der Waals surface area contributed by atoms with Gasteiger partial charge in [-0.05, 0) is 51.9 Å². The highest BCUT2D eigenvalue weighted by Crippen LogP contribution is 2.34. The molecule has 2 heterocycles. The molecule has 19 heavy (non-hydrogen) atoms. The number of rotatable bonds is 1. The Morgan fingerprint density at radius 3 is 2.68 bits per heavy atom. The van der Waals surface area contributed by atoms with Gasteiger partial charge in [-0.3, -0.25) is 0 Å². The van der Waals surface area contributed by atoms with Crippen LogP contribution in [0.2, 0.25) is 0 Å². The Balaban J connectivity index is 1.98. The van der Waals surface area contributed by atoms with Crippen LogP contribution >= 0.6 is 0 Å². The topological polar surface area (TPSA) is 61.0 Å². The minimum absolute atomic E-state index is 0.340. The molecular weight excluding hydrogens is 238 g/mol. The minimum Gasteiger partial charge on any atom is -0.383 e. The van der Waals surface area contributed by atoms with E-state index in [0.717, 1.165) is 43.8 Å². The Labute approximate surface area is 114 Å². The van der Waals surface area contributed by atoms with Gasteiger partial charge in [-0.15, -0.1) is 0 Å². The second-order valence-corrected chi connectivity index (χ2v) is 5.95. The first-order valence-corrected chi connectivity index (χ1v) is 7.49. The molecule has 2 aliphatic rings. The van der Waals surface area contributed by atoms with E-state index in [9.17, 15) is 0 Å². The van der Waals surface area contributed by atoms with Crippen LogP contribution in [0.25, 0.3) is 0 Å². The average Bonchev–Trinajstić information content (AvgIpc) is 2.65. The van der Waals surface area contributed by atoms with Crippen LogP contribution in [0, 0.1) is 0 Å². The summed E-state index contributed by atoms with van der Waals surface area (Å²) < 4.78 is 5.95. The fourth-order valence-electron chi connectivity index (χ4n) is 3.15. The molecule has 0 amide bonds. The fraction of sp³-hybridized carbons (Fsp3) is 0.733. The molecule has 2 N–H and O–H groups in total. The van der Waals surface area contributed by atoms with E-state index >= 15 is 0 Å². The van der Waals surface area contributed by atoms with E-state index in [2.05, 4.69) is 11.9 Å². The van der Waals surface area contributed by atoms with Crippen LogP contribution in [0.3, 0.4) is 0 Å². The predicted molar refractivity (Wildman–Crippen MR) is 74.9 cm³/mol. The van der Waals surface area contributed by atoms with Crippen LogP contribution in [0.15, 0.2) is 0 Å². The summed E-state index contributed by atoms with van der Waals surface area (Å²) >= 11 is 0. The molecule has 4 heteroatoms. The van der Waals surface area contributed by atoms with Crippen LogP contribution in [0.1, 0.15) is 62.5 Å². The molecule has 0 radical (unpaired) electrons. The molecule has 1 fully saturated rings. The molecule has 104 valence electrons. The largest absolute Gasteiger partial charge is 0.383 e. The summed E-state index contributed by atoms with van der Waals surface area (Å²) in [6.45, 7) is 2.90. The lowest BCUT2D eigenvalue weighted by Crippen LogP contribution is -2.33. The third-order valence-electron chi connectivity index (χ3n) is 4.41. The van der Waals surface area contributed by atoms with E-state index in [0.29, 0.717) is 5.82 Å². The third-order valence-corrected chi connectivity index (χ3v) is 4.41. The summed E-state index contributed by atoms with van der Waals surface area (Å²) in [4.78, 5) is 9.38. The number of nitrogen functional groups attached to an aromatic ring is 1. The summed E-state index contributed by atoms with van der Waals surface area (Å²) in [5, 5.41) is 0. The van der Waals surface area contributed by atoms with E-state index in [-0.39, 0.29) is 5.60 Å². The molecule has 0 saturated carbocycles. The standard InChI is InChI=1S/C15H23N3O/c1-15(9-5-6-10-19-15)14-17-12-8-4-2-3-7-11(12)13(16)18-14/h2-10H2,1H3,(H2,16,17,18). The number of ether oxygens (including phenoxy) is 1. The zero-order chi connectivity index (χ0) is 13.3. The second-order valence-electron chi connectivity index (χ2n) is 5.95. The van der Waals surface area contributed by atoms with E-state index < -0.39 is 0 Å². The summed E-state index contributed by atoms with van der Waals surface area (Å²) in [6, 6.07) is 0. The molecule has 3 rings (SSSR count). The summed E-state index contributed by atoms with van der Waals surface area (Å²) in [6.07, 6.45) is 9.04. The van der Waals surface area contributed by atoms with Gasteiger partial charge in [0.1, 0.15) is 11.4 Å². The van der Waals surface area contributed by atoms with Gasteiger partial charge in [0.2, 0.25) is 0 Å². The van der Waals surface area contributed by atoms with Gasteiger partial charge in [0.25, 0.3) is 0 Å². The van der Waals surface area contributed by atoms with Crippen molar-refractivity contribution in [3.05, 3.63) is 17.1 Å². The number of anilines is 1. The molecule has 1 unspecified atom stereocenters. The van der Waals surface area contributed by atoms with Crippen LogP contribution < -0.4 is 5.73 Å². The van der Waals surface area contributed by atoms with E-state index in [1.165, 1.54) is 31.2 Å². The summed E-state index contributed by atoms with van der Waals surface area (Å²) in [7, 11) is 0. The lowest BCUT2D eigenvalue weighted by atomic mass is 9.94. The molecule has 1 aliphatic carbocycles. The zero-order valence-corrected chi connectivity index (χ0v) is 11.7. The van der Waals surface area contributed by atoms with Gasteiger partial charge in [-0.25, -0.2) is 9.97 Å². The third kappa shape index (κ3) is 2.46. The van der Waals surface area contributed by atoms with Crippen molar-refractivity contribution in [1.29, 1.82) is 0 Å². The molecule has 1 saturated heterocycles. The molecule has 0 spiro atoms. The summed E-state index contributed by atoms with van der Waals surface area (Å²) in [5.41, 5.74) is 8.17. The molecule has 4 nitrogen and oxygen atoms in total. The first-order chi connectivity index (χ1) is 9.19. The van der Waals surface area contributed by atoms with Crippen LogP contribution in [0.5, 0.6) is 0 Å². The van der Waals surface area contributed by atoms with Gasteiger partial charge in [0.15, 0.2) is 5.82 Å². The lowest BCUT2D eigenvalue weighted by Gasteiger charge is -2.33. The molecule has 0 bridgehead atoms. The highest BCUT2D eigenvalue weighted by molar-refractivity contribution is 5.43. The van der Waals surface area contributed by atoms with Crippen LogP contribution in [-0.2, 0) is 23.2 Å². The van der Waals surface area contributed by atoms with Crippen LogP contribution in [0.4, 0.5) is 5.82 Å². The van der Waals surface area contributed by atoms with E-state index in [1.54, 1.807) is 0 Å². The average molecular weight is 261 g/mol. The van der Waals surface area contributed by atoms with Gasteiger partial charge < -0.3 is 10.5 Å². The Kier molecular flexibility index (Phi) is 3.44. The lowest BCUT2D eigenvalue weighted by molar-refractivity contribution is -0.0761. The van der Waals surface area contributed by atoms with Crippen molar-refractivity contribution in [3.8, 4) is 0 Å². The van der Waals surface area contributed by atoms with E-state index in [1.807, 2.05) is 0 Å². The summed E-state index contributed by atoms with van der Waals surface area (Å²) in [5.74, 6) is 1.47. The first-order valence-electron chi connectivity index (χ1n) is 7.49. The number of nitrogens with zero attached hydrogens (tertiary/aromatic N) is 2. The highest BCUT2D eigenvalue weighted by Gasteiger charge is 2.34. The monoisotopic (exact) mass is 261 g/mol. The maximum absolute atomic E-state index is 6.17. The molecular formula is C15H23N3O. The van der Waals surface area contributed by atoms with Gasteiger partial charge in [-0.2, -0.15) is 0 Å². The quantitative estimate of drug-likeness (QED) is 0.790. The SMILES string of the molecule is CC1(c2nc(N)c3c(n2)CCCCC3)CCCCO1. The number of hydrogen-bond donors (Lipinski definition) is 1. The Morgan fingerprint density at radius 1 is 1.05 bits per heavy atom. The number of fused-ring (bicyclic) bond motifs is 1. The number of nitrogens with two attached hydrogens (primary N) is 1. The predicted octanol–water partition coefficient (Wildman–Crippen LogP) is 2.74. The van der Waals surface area contributed by atoms with Crippen molar-refractivity contribution in [2.75, 3.05) is 12.3 Å². The Hall–Kier alpha value is -1.16. The maximum Gasteiger partial charge on any atom is 0.162 e. The molecule has 1 atom stereocenters. The maximum atomic E-state index is 6.17. The smallest absolute Gasteiger partial charge is 0.162 e. The minimum atomic E-state index is -0.340. The van der Waals surface area contributed by atoms with Crippen molar-refractivity contribution < 1.29 is 4.74 Å². The van der Waals surface area contributed by atoms with E-state index in [4.69, 9.17) is 15.5 Å². The van der Waals surface area contributed by atoms with Crippen molar-refractivity contribution in [2.24, 2.45) is 0 Å². The van der Waals surface area contributed by atoms with Gasteiger partial charge in [0.05, 0.1) is 0 Å². The van der Waals surface area contributed by atoms with Crippen molar-refractivity contribution in [1.82, 2.24) is 9.97 Å². The van der Waals surface area contributed by atoms with Crippen molar-refractivity contribution >= 4 is 5.82 Å². The van der Waals surface area contributed by atoms with Gasteiger partial charge in [0, 0.05) is 17.9 Å². The fourth-order valence-corrected chi connectivity index (χ4v) is 3.15. The number of aryl methyl sites for hydroxylation is 1. The Morgan fingerprint density at radius 2 is 1.89 bits per heavy atom. The molecule has 1 aromatic heterocycles. The van der Waals surface area contributed by atoms with Crippen molar-refractivity contribution in [3.63, 3.8) is 0 Å². The first kappa shape index (κ1) is 12.9. The Bertz CT molecular complexity index is 467. The molecule has 0 aromatic carbocycles. The van der Waals surface area contributed by atoms with Gasteiger partial charge in [-0.1, -0.05) is 6.42 Å². The number of hydrogen-bond acceptors (Lipinski definition) is 4. The molecule has 1 aromatic rings. The highest BCUT2D eigenvalue weighted by atomic mass is 16.5. The normalized spacial score (nSPS) is 27.6. The van der Waals surface area contributed by atoms with Crippen LogP contribution in [-0.4, -0.2) is 16.6 Å². The van der Waals surface area contributed by atoms with Gasteiger partial charge >= 0.3 is 0 Å². The van der Waals surface area contributed by atoms with Crippen molar-refractivity contribution in [2.45, 2.75) is 63.9 Å². The number of aromatic nitrogens is 2. The zero-order valence-electron chi connectivity index (χ0n) is 11.7.